The molecule has 40 heavy (non-hydrogen) atoms. The Morgan fingerprint density at radius 1 is 0.475 bits per heavy atom. The summed E-state index contributed by atoms with van der Waals surface area (Å²) in [6, 6.07) is 49.8. The fourth-order valence-corrected chi connectivity index (χ4v) is 5.37. The Labute approximate surface area is 232 Å². The molecule has 3 heteroatoms. The van der Waals surface area contributed by atoms with Crippen molar-refractivity contribution in [1.82, 2.24) is 9.97 Å². The number of aromatic nitrogens is 2. The highest BCUT2D eigenvalue weighted by molar-refractivity contribution is 6.06. The zero-order valence-electron chi connectivity index (χ0n) is 21.6. The lowest BCUT2D eigenvalue weighted by atomic mass is 9.91. The van der Waals surface area contributed by atoms with Gasteiger partial charge in [0.25, 0.3) is 0 Å². The zero-order valence-corrected chi connectivity index (χ0v) is 21.6. The first-order chi connectivity index (χ1) is 19.8. The Kier molecular flexibility index (Phi) is 5.85. The molecule has 7 aromatic rings. The van der Waals surface area contributed by atoms with Crippen LogP contribution in [0.2, 0.25) is 0 Å². The van der Waals surface area contributed by atoms with Gasteiger partial charge in [0.1, 0.15) is 0 Å². The zero-order chi connectivity index (χ0) is 26.9. The molecule has 0 saturated carbocycles. The second kappa shape index (κ2) is 9.94. The number of rotatable bonds is 4. The summed E-state index contributed by atoms with van der Waals surface area (Å²) < 4.78 is 0. The second-order valence-corrected chi connectivity index (χ2v) is 9.75. The summed E-state index contributed by atoms with van der Waals surface area (Å²) >= 11 is 0. The maximum absolute atomic E-state index is 9.23. The van der Waals surface area contributed by atoms with E-state index in [2.05, 4.69) is 84.9 Å². The van der Waals surface area contributed by atoms with Gasteiger partial charge in [0.15, 0.2) is 5.82 Å². The van der Waals surface area contributed by atoms with E-state index in [0.717, 1.165) is 50.0 Å². The molecule has 0 N–H and O–H groups in total. The molecule has 6 aromatic carbocycles. The third kappa shape index (κ3) is 4.18. The van der Waals surface area contributed by atoms with Crippen LogP contribution < -0.4 is 0 Å². The van der Waals surface area contributed by atoms with Crippen molar-refractivity contribution in [2.75, 3.05) is 0 Å². The number of para-hydroxylation sites is 1. The largest absolute Gasteiger partial charge is 0.228 e. The van der Waals surface area contributed by atoms with Crippen molar-refractivity contribution < 1.29 is 0 Å². The van der Waals surface area contributed by atoms with Gasteiger partial charge < -0.3 is 0 Å². The average molecular weight is 510 g/mol. The fraction of sp³-hybridized carbons (Fsp3) is 0. The van der Waals surface area contributed by atoms with Crippen molar-refractivity contribution in [3.8, 4) is 51.0 Å². The quantitative estimate of drug-likeness (QED) is 0.237. The molecule has 3 nitrogen and oxygen atoms in total. The standard InChI is InChI=1S/C37H23N3/c38-24-25-16-18-26(19-17-25)31-13-6-10-28-11-7-14-32(35(28)31)27-20-22-30(23-21-27)37-39-34-15-5-4-12-33(34)36(40-37)29-8-2-1-3-9-29/h1-23H. The van der Waals surface area contributed by atoms with Crippen LogP contribution in [0, 0.1) is 11.3 Å². The van der Waals surface area contributed by atoms with Crippen LogP contribution in [0.15, 0.2) is 140 Å². The molecule has 0 aliphatic rings. The maximum Gasteiger partial charge on any atom is 0.160 e. The van der Waals surface area contributed by atoms with Gasteiger partial charge in [-0.1, -0.05) is 121 Å². The van der Waals surface area contributed by atoms with Crippen molar-refractivity contribution in [1.29, 1.82) is 5.26 Å². The first-order valence-corrected chi connectivity index (χ1v) is 13.2. The summed E-state index contributed by atoms with van der Waals surface area (Å²) in [5.41, 5.74) is 9.09. The molecular formula is C37H23N3. The second-order valence-electron chi connectivity index (χ2n) is 9.75. The molecule has 0 atom stereocenters. The molecule has 0 bridgehead atoms. The molecule has 0 amide bonds. The van der Waals surface area contributed by atoms with E-state index in [1.54, 1.807) is 0 Å². The minimum atomic E-state index is 0.658. The molecule has 7 rings (SSSR count). The molecular weight excluding hydrogens is 486 g/mol. The van der Waals surface area contributed by atoms with Gasteiger partial charge in [-0.05, 0) is 51.2 Å². The van der Waals surface area contributed by atoms with Crippen LogP contribution in [-0.4, -0.2) is 9.97 Å². The van der Waals surface area contributed by atoms with Gasteiger partial charge in [-0.2, -0.15) is 5.26 Å². The van der Waals surface area contributed by atoms with E-state index in [9.17, 15) is 5.26 Å². The van der Waals surface area contributed by atoms with Gasteiger partial charge in [-0.3, -0.25) is 0 Å². The molecule has 0 fully saturated rings. The Hall–Kier alpha value is -5.59. The summed E-state index contributed by atoms with van der Waals surface area (Å²) in [4.78, 5) is 9.95. The van der Waals surface area contributed by atoms with E-state index in [4.69, 9.17) is 9.97 Å². The van der Waals surface area contributed by atoms with Gasteiger partial charge >= 0.3 is 0 Å². The van der Waals surface area contributed by atoms with Crippen molar-refractivity contribution in [2.24, 2.45) is 0 Å². The lowest BCUT2D eigenvalue weighted by Crippen LogP contribution is -1.95. The predicted octanol–water partition coefficient (Wildman–Crippen LogP) is 9.32. The molecule has 186 valence electrons. The topological polar surface area (TPSA) is 49.6 Å². The summed E-state index contributed by atoms with van der Waals surface area (Å²) in [5.74, 6) is 0.709. The normalized spacial score (nSPS) is 11.0. The highest BCUT2D eigenvalue weighted by Gasteiger charge is 2.13. The van der Waals surface area contributed by atoms with Gasteiger partial charge in [-0.15, -0.1) is 0 Å². The van der Waals surface area contributed by atoms with Crippen LogP contribution in [0.25, 0.3) is 66.6 Å². The van der Waals surface area contributed by atoms with Crippen molar-refractivity contribution in [3.05, 3.63) is 145 Å². The summed E-state index contributed by atoms with van der Waals surface area (Å²) in [6.07, 6.45) is 0. The average Bonchev–Trinajstić information content (AvgIpc) is 3.04. The number of hydrogen-bond acceptors (Lipinski definition) is 3. The van der Waals surface area contributed by atoms with Crippen molar-refractivity contribution in [3.63, 3.8) is 0 Å². The van der Waals surface area contributed by atoms with Gasteiger partial charge in [0.2, 0.25) is 0 Å². The van der Waals surface area contributed by atoms with Crippen LogP contribution >= 0.6 is 0 Å². The van der Waals surface area contributed by atoms with E-state index < -0.39 is 0 Å². The number of nitrogens with zero attached hydrogens (tertiary/aromatic N) is 3. The Morgan fingerprint density at radius 2 is 1.07 bits per heavy atom. The number of nitriles is 1. The third-order valence-electron chi connectivity index (χ3n) is 7.33. The van der Waals surface area contributed by atoms with E-state index in [0.29, 0.717) is 11.4 Å². The summed E-state index contributed by atoms with van der Waals surface area (Å²) in [7, 11) is 0. The lowest BCUT2D eigenvalue weighted by Gasteiger charge is -2.13. The first kappa shape index (κ1) is 23.5. The Balaban J connectivity index is 1.34. The van der Waals surface area contributed by atoms with E-state index in [1.165, 1.54) is 10.8 Å². The lowest BCUT2D eigenvalue weighted by molar-refractivity contribution is 1.23. The smallest absolute Gasteiger partial charge is 0.160 e. The number of benzene rings is 6. The van der Waals surface area contributed by atoms with E-state index >= 15 is 0 Å². The molecule has 0 aliphatic carbocycles. The van der Waals surface area contributed by atoms with E-state index in [-0.39, 0.29) is 0 Å². The third-order valence-corrected chi connectivity index (χ3v) is 7.33. The predicted molar refractivity (Wildman–Crippen MR) is 164 cm³/mol. The molecule has 0 radical (unpaired) electrons. The molecule has 0 saturated heterocycles. The summed E-state index contributed by atoms with van der Waals surface area (Å²) in [5, 5.41) is 12.6. The number of fused-ring (bicyclic) bond motifs is 2. The SMILES string of the molecule is N#Cc1ccc(-c2cccc3cccc(-c4ccc(-c5nc(-c6ccccc6)c6ccccc6n5)cc4)c23)cc1. The Bertz CT molecular complexity index is 2030. The van der Waals surface area contributed by atoms with Crippen molar-refractivity contribution >= 4 is 21.7 Å². The Morgan fingerprint density at radius 3 is 1.75 bits per heavy atom. The molecule has 1 heterocycles. The van der Waals surface area contributed by atoms with Crippen LogP contribution in [-0.2, 0) is 0 Å². The molecule has 0 aliphatic heterocycles. The maximum atomic E-state index is 9.23. The van der Waals surface area contributed by atoms with Crippen LogP contribution in [0.3, 0.4) is 0 Å². The van der Waals surface area contributed by atoms with Gasteiger partial charge in [0, 0.05) is 16.5 Å². The first-order valence-electron chi connectivity index (χ1n) is 13.2. The van der Waals surface area contributed by atoms with E-state index in [1.807, 2.05) is 60.7 Å². The summed E-state index contributed by atoms with van der Waals surface area (Å²) in [6.45, 7) is 0. The minimum Gasteiger partial charge on any atom is -0.228 e. The van der Waals surface area contributed by atoms with Gasteiger partial charge in [0.05, 0.1) is 22.8 Å². The molecule has 0 unspecified atom stereocenters. The molecule has 1 aromatic heterocycles. The number of hydrogen-bond donors (Lipinski definition) is 0. The minimum absolute atomic E-state index is 0.658. The van der Waals surface area contributed by atoms with Gasteiger partial charge in [-0.25, -0.2) is 9.97 Å². The van der Waals surface area contributed by atoms with Crippen LogP contribution in [0.5, 0.6) is 0 Å². The van der Waals surface area contributed by atoms with Crippen LogP contribution in [0.4, 0.5) is 0 Å². The van der Waals surface area contributed by atoms with Crippen LogP contribution in [0.1, 0.15) is 5.56 Å². The fourth-order valence-electron chi connectivity index (χ4n) is 5.37. The molecule has 0 spiro atoms. The highest BCUT2D eigenvalue weighted by atomic mass is 14.9. The monoisotopic (exact) mass is 509 g/mol. The van der Waals surface area contributed by atoms with Crippen molar-refractivity contribution in [2.45, 2.75) is 0 Å². The highest BCUT2D eigenvalue weighted by Crippen LogP contribution is 2.37.